The summed E-state index contributed by atoms with van der Waals surface area (Å²) in [6.07, 6.45) is 6.21. The molecule has 5 heteroatoms. The minimum absolute atomic E-state index is 0.364. The highest BCUT2D eigenvalue weighted by Crippen LogP contribution is 2.24. The van der Waals surface area contributed by atoms with Crippen LogP contribution in [0.1, 0.15) is 15.9 Å². The summed E-state index contributed by atoms with van der Waals surface area (Å²) < 4.78 is 12.8. The first-order chi connectivity index (χ1) is 10.3. The highest BCUT2D eigenvalue weighted by atomic mass is 16.5. The number of imidazole rings is 1. The lowest BCUT2D eigenvalue weighted by atomic mass is 10.2. The molecule has 0 N–H and O–H groups in total. The molecule has 3 aromatic rings. The highest BCUT2D eigenvalue weighted by Gasteiger charge is 2.07. The molecule has 0 fully saturated rings. The van der Waals surface area contributed by atoms with Crippen LogP contribution in [0, 0.1) is 0 Å². The van der Waals surface area contributed by atoms with Gasteiger partial charge >= 0.3 is 0 Å². The Bertz CT molecular complexity index is 780. The molecule has 106 valence electrons. The van der Waals surface area contributed by atoms with E-state index in [0.717, 1.165) is 17.4 Å². The molecule has 0 bridgehead atoms. The number of aldehydes is 1. The number of benzene rings is 1. The molecule has 0 aliphatic heterocycles. The number of carbonyl (C=O) groups excluding carboxylic acids is 1. The van der Waals surface area contributed by atoms with E-state index in [0.29, 0.717) is 23.7 Å². The van der Waals surface area contributed by atoms with Gasteiger partial charge in [-0.15, -0.1) is 0 Å². The zero-order chi connectivity index (χ0) is 14.7. The van der Waals surface area contributed by atoms with Crippen molar-refractivity contribution in [2.75, 3.05) is 7.11 Å². The summed E-state index contributed by atoms with van der Waals surface area (Å²) in [7, 11) is 1.56. The Hall–Kier alpha value is -2.82. The van der Waals surface area contributed by atoms with Crippen molar-refractivity contribution in [3.05, 3.63) is 60.2 Å². The van der Waals surface area contributed by atoms with Crippen molar-refractivity contribution in [1.82, 2.24) is 9.38 Å². The molecule has 0 saturated heterocycles. The van der Waals surface area contributed by atoms with Crippen LogP contribution in [0.25, 0.3) is 5.52 Å². The minimum Gasteiger partial charge on any atom is -0.497 e. The van der Waals surface area contributed by atoms with Gasteiger partial charge in [-0.05, 0) is 24.3 Å². The first-order valence-electron chi connectivity index (χ1n) is 6.47. The number of hydrogen-bond donors (Lipinski definition) is 0. The molecule has 0 aliphatic carbocycles. The van der Waals surface area contributed by atoms with Crippen LogP contribution >= 0.6 is 0 Å². The maximum Gasteiger partial charge on any atom is 0.153 e. The number of methoxy groups -OCH3 is 1. The van der Waals surface area contributed by atoms with Crippen LogP contribution in [-0.2, 0) is 6.61 Å². The number of aromatic nitrogens is 2. The quantitative estimate of drug-likeness (QED) is 0.675. The second-order valence-electron chi connectivity index (χ2n) is 4.53. The van der Waals surface area contributed by atoms with Crippen LogP contribution in [0.2, 0.25) is 0 Å². The van der Waals surface area contributed by atoms with Gasteiger partial charge in [-0.2, -0.15) is 0 Å². The molecule has 0 radical (unpaired) electrons. The number of ether oxygens (including phenoxy) is 2. The molecule has 3 rings (SSSR count). The van der Waals surface area contributed by atoms with Gasteiger partial charge in [0.1, 0.15) is 18.1 Å². The van der Waals surface area contributed by atoms with Crippen LogP contribution < -0.4 is 9.47 Å². The maximum absolute atomic E-state index is 11.1. The first-order valence-corrected chi connectivity index (χ1v) is 6.47. The third-order valence-corrected chi connectivity index (χ3v) is 3.27. The lowest BCUT2D eigenvalue weighted by molar-refractivity contribution is 0.111. The first kappa shape index (κ1) is 13.2. The number of nitrogens with zero attached hydrogens (tertiary/aromatic N) is 2. The summed E-state index contributed by atoms with van der Waals surface area (Å²) >= 11 is 0. The molecular weight excluding hydrogens is 268 g/mol. The Kier molecular flexibility index (Phi) is 3.55. The Labute approximate surface area is 121 Å². The Morgan fingerprint density at radius 2 is 2.24 bits per heavy atom. The van der Waals surface area contributed by atoms with E-state index in [9.17, 15) is 4.79 Å². The molecule has 2 aromatic heterocycles. The second-order valence-corrected chi connectivity index (χ2v) is 4.53. The number of pyridine rings is 1. The predicted molar refractivity (Wildman–Crippen MR) is 77.9 cm³/mol. The zero-order valence-electron chi connectivity index (χ0n) is 11.5. The normalized spacial score (nSPS) is 10.5. The van der Waals surface area contributed by atoms with Crippen molar-refractivity contribution < 1.29 is 14.3 Å². The molecule has 5 nitrogen and oxygen atoms in total. The van der Waals surface area contributed by atoms with Gasteiger partial charge < -0.3 is 13.9 Å². The van der Waals surface area contributed by atoms with E-state index >= 15 is 0 Å². The minimum atomic E-state index is 0.364. The van der Waals surface area contributed by atoms with Gasteiger partial charge in [0, 0.05) is 11.8 Å². The molecule has 1 aromatic carbocycles. The summed E-state index contributed by atoms with van der Waals surface area (Å²) in [5.41, 5.74) is 2.45. The fourth-order valence-electron chi connectivity index (χ4n) is 2.16. The smallest absolute Gasteiger partial charge is 0.153 e. The Morgan fingerprint density at radius 1 is 1.33 bits per heavy atom. The molecule has 0 atom stereocenters. The number of rotatable bonds is 5. The molecule has 0 unspecified atom stereocenters. The maximum atomic E-state index is 11.1. The van der Waals surface area contributed by atoms with Crippen molar-refractivity contribution in [1.29, 1.82) is 0 Å². The monoisotopic (exact) mass is 282 g/mol. The van der Waals surface area contributed by atoms with Gasteiger partial charge in [0.05, 0.1) is 30.7 Å². The van der Waals surface area contributed by atoms with Crippen LogP contribution in [0.3, 0.4) is 0 Å². The number of fused-ring (bicyclic) bond motifs is 1. The third-order valence-electron chi connectivity index (χ3n) is 3.27. The average Bonchev–Trinajstić information content (AvgIpc) is 3.01. The molecule has 21 heavy (non-hydrogen) atoms. The SMILES string of the molecule is COc1ccc(OCc2cccn3cncc23)c(C=O)c1. The molecular formula is C16H14N2O3. The van der Waals surface area contributed by atoms with Gasteiger partial charge in [0.15, 0.2) is 6.29 Å². The van der Waals surface area contributed by atoms with E-state index < -0.39 is 0 Å². The van der Waals surface area contributed by atoms with Crippen LogP contribution in [0.4, 0.5) is 0 Å². The molecule has 0 spiro atoms. The Balaban J connectivity index is 1.84. The topological polar surface area (TPSA) is 52.8 Å². The van der Waals surface area contributed by atoms with E-state index in [1.807, 2.05) is 22.7 Å². The molecule has 0 saturated carbocycles. The van der Waals surface area contributed by atoms with Gasteiger partial charge in [0.25, 0.3) is 0 Å². The van der Waals surface area contributed by atoms with Crippen molar-refractivity contribution >= 4 is 11.8 Å². The Morgan fingerprint density at radius 3 is 3.05 bits per heavy atom. The van der Waals surface area contributed by atoms with Crippen LogP contribution in [0.15, 0.2) is 49.1 Å². The van der Waals surface area contributed by atoms with E-state index in [1.165, 1.54) is 0 Å². The fourth-order valence-corrected chi connectivity index (χ4v) is 2.16. The number of hydrogen-bond acceptors (Lipinski definition) is 4. The molecule has 0 amide bonds. The van der Waals surface area contributed by atoms with Crippen LogP contribution in [-0.4, -0.2) is 22.8 Å². The third kappa shape index (κ3) is 2.58. The average molecular weight is 282 g/mol. The predicted octanol–water partition coefficient (Wildman–Crippen LogP) is 2.73. The number of carbonyl (C=O) groups is 1. The second kappa shape index (κ2) is 5.66. The lowest BCUT2D eigenvalue weighted by Crippen LogP contribution is -2.00. The van der Waals surface area contributed by atoms with Crippen molar-refractivity contribution in [3.8, 4) is 11.5 Å². The summed E-state index contributed by atoms with van der Waals surface area (Å²) in [5.74, 6) is 1.16. The van der Waals surface area contributed by atoms with Crippen LogP contribution in [0.5, 0.6) is 11.5 Å². The standard InChI is InChI=1S/C16H14N2O3/c1-20-14-4-5-16(13(7-14)9-19)21-10-12-3-2-6-18-11-17-8-15(12)18/h2-9,11H,10H2,1H3. The van der Waals surface area contributed by atoms with Crippen molar-refractivity contribution in [2.24, 2.45) is 0 Å². The fraction of sp³-hybridized carbons (Fsp3) is 0.125. The summed E-state index contributed by atoms with van der Waals surface area (Å²) in [6.45, 7) is 0.364. The van der Waals surface area contributed by atoms with E-state index in [2.05, 4.69) is 4.98 Å². The largest absolute Gasteiger partial charge is 0.497 e. The van der Waals surface area contributed by atoms with Gasteiger partial charge in [-0.3, -0.25) is 4.79 Å². The molecule has 0 aliphatic rings. The lowest BCUT2D eigenvalue weighted by Gasteiger charge is -2.10. The summed E-state index contributed by atoms with van der Waals surface area (Å²) in [4.78, 5) is 15.2. The van der Waals surface area contributed by atoms with Crippen molar-refractivity contribution in [3.63, 3.8) is 0 Å². The summed E-state index contributed by atoms with van der Waals surface area (Å²) in [5, 5.41) is 0. The van der Waals surface area contributed by atoms with Gasteiger partial charge in [-0.25, -0.2) is 4.98 Å². The molecule has 2 heterocycles. The van der Waals surface area contributed by atoms with E-state index in [1.54, 1.807) is 37.8 Å². The summed E-state index contributed by atoms with van der Waals surface area (Å²) in [6, 6.07) is 9.06. The van der Waals surface area contributed by atoms with Gasteiger partial charge in [-0.1, -0.05) is 6.07 Å². The van der Waals surface area contributed by atoms with E-state index in [-0.39, 0.29) is 0 Å². The van der Waals surface area contributed by atoms with Crippen molar-refractivity contribution in [2.45, 2.75) is 6.61 Å². The van der Waals surface area contributed by atoms with Gasteiger partial charge in [0.2, 0.25) is 0 Å². The zero-order valence-corrected chi connectivity index (χ0v) is 11.5. The highest BCUT2D eigenvalue weighted by molar-refractivity contribution is 5.80. The van der Waals surface area contributed by atoms with E-state index in [4.69, 9.17) is 9.47 Å².